The standard InChI is InChI=1S/C30H19B5N2OP/c1-2-10-19(11-3-1)36-39(33-31-34(39)35(33)39)27-18-26-29-30-28(27)20-12-4-7-15-23(20)37(30)24-16-8-5-13-21(24)32(29)22-14-6-9-17-25(22)38-26/h1-18,36H/q-1. The summed E-state index contributed by atoms with van der Waals surface area (Å²) in [4.78, 5) is 0. The van der Waals surface area contributed by atoms with Crippen molar-refractivity contribution >= 4 is 88.0 Å². The van der Waals surface area contributed by atoms with E-state index in [9.17, 15) is 0 Å². The molecule has 5 aromatic carbocycles. The maximum atomic E-state index is 6.85. The van der Waals surface area contributed by atoms with Crippen LogP contribution in [0.4, 0.5) is 5.69 Å². The van der Waals surface area contributed by atoms with Gasteiger partial charge < -0.3 is 0 Å². The summed E-state index contributed by atoms with van der Waals surface area (Å²) >= 11 is 0. The maximum absolute atomic E-state index is 6.85. The number of anilines is 1. The number of ether oxygens (including phenoxy) is 1. The number of rotatable bonds is 3. The van der Waals surface area contributed by atoms with Crippen LogP contribution in [0.25, 0.3) is 27.5 Å². The summed E-state index contributed by atoms with van der Waals surface area (Å²) in [5, 5.41) is 8.64. The first-order valence-electron chi connectivity index (χ1n) is 14.0. The molecule has 6 aliphatic rings. The van der Waals surface area contributed by atoms with Gasteiger partial charge in [0.15, 0.2) is 0 Å². The van der Waals surface area contributed by atoms with Crippen molar-refractivity contribution in [3.05, 3.63) is 109 Å². The van der Waals surface area contributed by atoms with Crippen molar-refractivity contribution in [3.8, 4) is 17.2 Å². The van der Waals surface area contributed by atoms with Crippen LogP contribution in [0.2, 0.25) is 0 Å². The van der Waals surface area contributed by atoms with Gasteiger partial charge in [-0.05, 0) is 0 Å². The number of fused-ring (bicyclic) bond motifs is 8. The van der Waals surface area contributed by atoms with E-state index in [0.717, 1.165) is 17.7 Å². The zero-order chi connectivity index (χ0) is 25.1. The van der Waals surface area contributed by atoms with E-state index in [2.05, 4.69) is 126 Å². The van der Waals surface area contributed by atoms with Crippen molar-refractivity contribution in [2.24, 2.45) is 0 Å². The van der Waals surface area contributed by atoms with Gasteiger partial charge in [-0.25, -0.2) is 0 Å². The van der Waals surface area contributed by atoms with E-state index in [1.165, 1.54) is 49.6 Å². The summed E-state index contributed by atoms with van der Waals surface area (Å²) < 4.78 is 9.40. The molecule has 7 heterocycles. The van der Waals surface area contributed by atoms with Crippen LogP contribution >= 0.6 is 6.39 Å². The van der Waals surface area contributed by atoms with Crippen LogP contribution in [0.15, 0.2) is 109 Å². The molecule has 9 heteroatoms. The number of hydrogen-bond donors (Lipinski definition) is 1. The third kappa shape index (κ3) is 1.95. The topological polar surface area (TPSA) is 26.2 Å². The Balaban J connectivity index is 1.32. The summed E-state index contributed by atoms with van der Waals surface area (Å²) in [6.45, 7) is 0.168. The molecule has 2 bridgehead atoms. The Morgan fingerprint density at radius 2 is 1.46 bits per heavy atom. The molecule has 0 spiro atoms. The Hall–Kier alpha value is -3.75. The molecule has 39 heavy (non-hydrogen) atoms. The van der Waals surface area contributed by atoms with Gasteiger partial charge in [0.1, 0.15) is 0 Å². The normalized spacial score (nSPS) is 19.7. The minimum absolute atomic E-state index is 0.168. The van der Waals surface area contributed by atoms with Gasteiger partial charge in [0.2, 0.25) is 0 Å². The zero-order valence-electron chi connectivity index (χ0n) is 21.1. The Kier molecular flexibility index (Phi) is 3.20. The predicted octanol–water partition coefficient (Wildman–Crippen LogP) is 3.79. The second-order valence-electron chi connectivity index (χ2n) is 12.0. The molecular formula is C30H19B5N2OP-. The summed E-state index contributed by atoms with van der Waals surface area (Å²) in [6, 6.07) is 40.1. The van der Waals surface area contributed by atoms with Gasteiger partial charge in [0, 0.05) is 0 Å². The van der Waals surface area contributed by atoms with Gasteiger partial charge in [0.05, 0.1) is 0 Å². The number of benzene rings is 5. The first-order chi connectivity index (χ1) is 19.3. The fourth-order valence-corrected chi connectivity index (χ4v) is 17.2. The monoisotopic (exact) mass is 509 g/mol. The Morgan fingerprint density at radius 3 is 2.28 bits per heavy atom. The molecule has 0 unspecified atom stereocenters. The van der Waals surface area contributed by atoms with E-state index in [1.807, 2.05) is 0 Å². The van der Waals surface area contributed by atoms with Crippen LogP contribution in [0.5, 0.6) is 11.5 Å². The summed E-state index contributed by atoms with van der Waals surface area (Å²) in [7, 11) is 2.61. The number of aromatic nitrogens is 1. The summed E-state index contributed by atoms with van der Waals surface area (Å²) in [6.07, 6.45) is -0.132. The number of nitrogens with one attached hydrogen (secondary N) is 1. The molecule has 0 aliphatic carbocycles. The van der Waals surface area contributed by atoms with E-state index in [1.54, 1.807) is 5.30 Å². The first-order valence-corrected chi connectivity index (χ1v) is 16.4. The predicted molar refractivity (Wildman–Crippen MR) is 172 cm³/mol. The van der Waals surface area contributed by atoms with E-state index < -0.39 is 6.39 Å². The third-order valence-electron chi connectivity index (χ3n) is 10.7. The molecule has 3 nitrogen and oxygen atoms in total. The minimum atomic E-state index is -2.33. The number of hydrogen-bond acceptors (Lipinski definition) is 2. The quantitative estimate of drug-likeness (QED) is 0.290. The average Bonchev–Trinajstić information content (AvgIpc) is 3.55. The van der Waals surface area contributed by atoms with Crippen molar-refractivity contribution in [2.45, 2.75) is 0 Å². The van der Waals surface area contributed by atoms with Gasteiger partial charge >= 0.3 is 229 Å². The molecule has 4 saturated heterocycles. The molecule has 0 amide bonds. The molecule has 1 N–H and O–H groups in total. The fourth-order valence-electron chi connectivity index (χ4n) is 8.97. The van der Waals surface area contributed by atoms with Crippen LogP contribution in [0.1, 0.15) is 0 Å². The van der Waals surface area contributed by atoms with Gasteiger partial charge in [-0.1, -0.05) is 0 Å². The van der Waals surface area contributed by atoms with Crippen molar-refractivity contribution in [2.75, 3.05) is 5.09 Å². The molecule has 176 valence electrons. The molecule has 12 rings (SSSR count). The Morgan fingerprint density at radius 1 is 0.744 bits per heavy atom. The summed E-state index contributed by atoms with van der Waals surface area (Å²) in [5.41, 5.74) is 9.15. The number of para-hydroxylation sites is 4. The summed E-state index contributed by atoms with van der Waals surface area (Å²) in [5.74, 6) is 2.04. The molecule has 1 aromatic heterocycles. The van der Waals surface area contributed by atoms with E-state index in [4.69, 9.17) is 4.74 Å². The molecule has 6 aromatic rings. The first kappa shape index (κ1) is 20.2. The van der Waals surface area contributed by atoms with Crippen LogP contribution in [0, 0.1) is 0 Å². The van der Waals surface area contributed by atoms with E-state index >= 15 is 0 Å². The van der Waals surface area contributed by atoms with E-state index in [0.29, 0.717) is 12.4 Å². The third-order valence-corrected chi connectivity index (χ3v) is 17.7. The Labute approximate surface area is 228 Å². The second-order valence-corrected chi connectivity index (χ2v) is 17.2. The van der Waals surface area contributed by atoms with Gasteiger partial charge in [-0.3, -0.25) is 0 Å². The molecule has 4 fully saturated rings. The Bertz CT molecular complexity index is 2110. The van der Waals surface area contributed by atoms with Crippen LogP contribution in [0.3, 0.4) is 0 Å². The zero-order valence-corrected chi connectivity index (χ0v) is 22.0. The molecule has 2 radical (unpaired) electrons. The van der Waals surface area contributed by atoms with Gasteiger partial charge in [0.25, 0.3) is 0 Å². The molecule has 0 saturated carbocycles. The van der Waals surface area contributed by atoms with Crippen molar-refractivity contribution in [1.82, 2.24) is 4.57 Å². The average molecular weight is 509 g/mol. The van der Waals surface area contributed by atoms with Gasteiger partial charge in [-0.2, -0.15) is 0 Å². The van der Waals surface area contributed by atoms with Crippen molar-refractivity contribution < 1.29 is 4.74 Å². The van der Waals surface area contributed by atoms with Crippen LogP contribution in [-0.2, 0) is 0 Å². The SMILES string of the molecule is [B-]1B2B3B1P23(Nc1ccccc1)c1cc2c3c4c1c1ccccc1n4-c1ccccc1B3c1ccccc1O2. The van der Waals surface area contributed by atoms with Crippen LogP contribution < -0.4 is 31.5 Å². The van der Waals surface area contributed by atoms with Gasteiger partial charge in [-0.15, -0.1) is 0 Å². The number of nitrogens with zero attached hydrogens (tertiary/aromatic N) is 1. The van der Waals surface area contributed by atoms with Crippen molar-refractivity contribution in [3.63, 3.8) is 0 Å². The molecule has 6 aliphatic heterocycles. The van der Waals surface area contributed by atoms with Crippen molar-refractivity contribution in [1.29, 1.82) is 0 Å². The molecule has 0 atom stereocenters. The molecular weight excluding hydrogens is 489 g/mol. The fraction of sp³-hybridized carbons (Fsp3) is 0. The van der Waals surface area contributed by atoms with Crippen LogP contribution in [-0.4, -0.2) is 37.0 Å². The van der Waals surface area contributed by atoms with E-state index in [-0.39, 0.29) is 6.71 Å². The second kappa shape index (κ2) is 6.19.